The van der Waals surface area contributed by atoms with Crippen LogP contribution in [0.2, 0.25) is 0 Å². The van der Waals surface area contributed by atoms with E-state index in [1.165, 1.54) is 0 Å². The van der Waals surface area contributed by atoms with E-state index < -0.39 is 6.17 Å². The SMILES string of the molecule is CN(C)c1ccccc1C#Cc1cc2c([nH]1)=NCC(F)C=2. The van der Waals surface area contributed by atoms with Crippen molar-refractivity contribution < 1.29 is 4.39 Å². The molecular weight excluding hydrogens is 265 g/mol. The first-order valence-corrected chi connectivity index (χ1v) is 6.81. The fourth-order valence-corrected chi connectivity index (χ4v) is 2.31. The normalized spacial score (nSPS) is 16.0. The van der Waals surface area contributed by atoms with Crippen molar-refractivity contribution in [1.82, 2.24) is 4.98 Å². The van der Waals surface area contributed by atoms with Crippen molar-refractivity contribution in [2.75, 3.05) is 25.5 Å². The number of para-hydroxylation sites is 1. The molecule has 0 amide bonds. The quantitative estimate of drug-likeness (QED) is 0.783. The van der Waals surface area contributed by atoms with Gasteiger partial charge in [-0.15, -0.1) is 0 Å². The predicted molar refractivity (Wildman–Crippen MR) is 82.6 cm³/mol. The van der Waals surface area contributed by atoms with Gasteiger partial charge in [0.1, 0.15) is 11.7 Å². The first-order chi connectivity index (χ1) is 10.1. The molecule has 1 aliphatic rings. The lowest BCUT2D eigenvalue weighted by Crippen LogP contribution is -2.30. The summed E-state index contributed by atoms with van der Waals surface area (Å²) in [6.45, 7) is 0.184. The van der Waals surface area contributed by atoms with Crippen molar-refractivity contribution in [3.8, 4) is 11.8 Å². The highest BCUT2D eigenvalue weighted by Gasteiger charge is 2.07. The molecule has 2 heterocycles. The van der Waals surface area contributed by atoms with Gasteiger partial charge in [-0.2, -0.15) is 0 Å². The molecule has 4 heteroatoms. The standard InChI is InChI=1S/C17H16FN3/c1-21(2)16-6-4-3-5-12(16)7-8-15-10-13-9-14(18)11-19-17(13)20-15/h3-6,9-10,14H,11H2,1-2H3,(H,19,20). The van der Waals surface area contributed by atoms with E-state index >= 15 is 0 Å². The summed E-state index contributed by atoms with van der Waals surface area (Å²) in [5.41, 5.74) is 3.50. The summed E-state index contributed by atoms with van der Waals surface area (Å²) in [6.07, 6.45) is 0.584. The Hall–Kier alpha value is -2.54. The summed E-state index contributed by atoms with van der Waals surface area (Å²) >= 11 is 0. The van der Waals surface area contributed by atoms with Gasteiger partial charge in [-0.1, -0.05) is 18.1 Å². The average molecular weight is 281 g/mol. The second-order valence-electron chi connectivity index (χ2n) is 5.17. The molecule has 1 N–H and O–H groups in total. The Morgan fingerprint density at radius 3 is 2.90 bits per heavy atom. The van der Waals surface area contributed by atoms with E-state index in [0.29, 0.717) is 5.49 Å². The van der Waals surface area contributed by atoms with Gasteiger partial charge in [0.15, 0.2) is 0 Å². The number of anilines is 1. The molecule has 3 rings (SSSR count). The second-order valence-corrected chi connectivity index (χ2v) is 5.17. The molecule has 1 unspecified atom stereocenters. The van der Waals surface area contributed by atoms with Gasteiger partial charge >= 0.3 is 0 Å². The van der Waals surface area contributed by atoms with Crippen LogP contribution in [0.15, 0.2) is 35.3 Å². The lowest BCUT2D eigenvalue weighted by atomic mass is 10.1. The average Bonchev–Trinajstić information content (AvgIpc) is 2.87. The third kappa shape index (κ3) is 2.82. The molecule has 1 aromatic heterocycles. The molecule has 1 aliphatic heterocycles. The van der Waals surface area contributed by atoms with Crippen LogP contribution in [0.3, 0.4) is 0 Å². The Labute approximate surface area is 122 Å². The van der Waals surface area contributed by atoms with Crippen molar-refractivity contribution in [3.05, 3.63) is 52.3 Å². The van der Waals surface area contributed by atoms with Crippen molar-refractivity contribution >= 4 is 11.8 Å². The monoisotopic (exact) mass is 281 g/mol. The van der Waals surface area contributed by atoms with Crippen LogP contribution in [0.25, 0.3) is 6.08 Å². The van der Waals surface area contributed by atoms with Gasteiger partial charge in [0, 0.05) is 24.9 Å². The Balaban J connectivity index is 1.98. The first-order valence-electron chi connectivity index (χ1n) is 6.81. The minimum absolute atomic E-state index is 0.184. The fourth-order valence-electron chi connectivity index (χ4n) is 2.31. The van der Waals surface area contributed by atoms with Crippen molar-refractivity contribution in [2.45, 2.75) is 6.17 Å². The summed E-state index contributed by atoms with van der Waals surface area (Å²) < 4.78 is 13.3. The maximum Gasteiger partial charge on any atom is 0.139 e. The number of hydrogen-bond donors (Lipinski definition) is 1. The number of hydrogen-bond acceptors (Lipinski definition) is 2. The third-order valence-corrected chi connectivity index (χ3v) is 3.33. The summed E-state index contributed by atoms with van der Waals surface area (Å²) in [5, 5.41) is 0.791. The highest BCUT2D eigenvalue weighted by atomic mass is 19.1. The van der Waals surface area contributed by atoms with E-state index in [2.05, 4.69) is 21.8 Å². The Morgan fingerprint density at radius 1 is 1.29 bits per heavy atom. The van der Waals surface area contributed by atoms with Gasteiger partial charge in [0.25, 0.3) is 0 Å². The number of aromatic amines is 1. The summed E-state index contributed by atoms with van der Waals surface area (Å²) in [5.74, 6) is 6.25. The molecule has 106 valence electrons. The van der Waals surface area contributed by atoms with Crippen LogP contribution in [0.1, 0.15) is 11.3 Å². The molecule has 0 aliphatic carbocycles. The molecule has 0 saturated heterocycles. The zero-order valence-electron chi connectivity index (χ0n) is 12.0. The zero-order valence-corrected chi connectivity index (χ0v) is 12.0. The summed E-state index contributed by atoms with van der Waals surface area (Å²) in [4.78, 5) is 9.31. The Bertz CT molecular complexity index is 837. The van der Waals surface area contributed by atoms with E-state index in [1.807, 2.05) is 49.3 Å². The molecule has 0 radical (unpaired) electrons. The molecule has 0 spiro atoms. The summed E-state index contributed by atoms with van der Waals surface area (Å²) in [6, 6.07) is 9.81. The van der Waals surface area contributed by atoms with Crippen molar-refractivity contribution in [3.63, 3.8) is 0 Å². The maximum atomic E-state index is 13.3. The van der Waals surface area contributed by atoms with Crippen molar-refractivity contribution in [2.24, 2.45) is 4.99 Å². The maximum absolute atomic E-state index is 13.3. The van der Waals surface area contributed by atoms with Gasteiger partial charge in [0.05, 0.1) is 17.9 Å². The van der Waals surface area contributed by atoms with Crippen LogP contribution in [0.4, 0.5) is 10.1 Å². The topological polar surface area (TPSA) is 31.4 Å². The van der Waals surface area contributed by atoms with Gasteiger partial charge in [-0.3, -0.25) is 4.99 Å². The van der Waals surface area contributed by atoms with Crippen LogP contribution in [-0.2, 0) is 0 Å². The van der Waals surface area contributed by atoms with Crippen molar-refractivity contribution in [1.29, 1.82) is 0 Å². The van der Waals surface area contributed by atoms with Crippen LogP contribution in [-0.4, -0.2) is 31.8 Å². The van der Waals surface area contributed by atoms with E-state index in [4.69, 9.17) is 0 Å². The van der Waals surface area contributed by atoms with Gasteiger partial charge in [-0.25, -0.2) is 4.39 Å². The lowest BCUT2D eigenvalue weighted by molar-refractivity contribution is 0.422. The largest absolute Gasteiger partial charge is 0.377 e. The van der Waals surface area contributed by atoms with E-state index in [9.17, 15) is 4.39 Å². The van der Waals surface area contributed by atoms with Gasteiger partial charge in [0.2, 0.25) is 0 Å². The third-order valence-electron chi connectivity index (χ3n) is 3.33. The molecule has 1 atom stereocenters. The highest BCUT2D eigenvalue weighted by Crippen LogP contribution is 2.16. The summed E-state index contributed by atoms with van der Waals surface area (Å²) in [7, 11) is 3.98. The lowest BCUT2D eigenvalue weighted by Gasteiger charge is -2.13. The van der Waals surface area contributed by atoms with E-state index in [1.54, 1.807) is 6.08 Å². The Morgan fingerprint density at radius 2 is 2.10 bits per heavy atom. The zero-order chi connectivity index (χ0) is 14.8. The number of halogens is 1. The predicted octanol–water partition coefficient (Wildman–Crippen LogP) is 1.23. The Kier molecular flexibility index (Phi) is 3.49. The van der Waals surface area contributed by atoms with Crippen LogP contribution < -0.4 is 15.6 Å². The van der Waals surface area contributed by atoms with Crippen LogP contribution in [0, 0.1) is 11.8 Å². The van der Waals surface area contributed by atoms with Gasteiger partial charge < -0.3 is 9.88 Å². The smallest absolute Gasteiger partial charge is 0.139 e. The molecule has 3 nitrogen and oxygen atoms in total. The minimum atomic E-state index is -0.997. The number of nitrogens with zero attached hydrogens (tertiary/aromatic N) is 2. The number of H-pyrrole nitrogens is 1. The van der Waals surface area contributed by atoms with Crippen LogP contribution >= 0.6 is 0 Å². The van der Waals surface area contributed by atoms with Gasteiger partial charge in [-0.05, 0) is 30.2 Å². The molecule has 0 bridgehead atoms. The molecule has 0 fully saturated rings. The first kappa shape index (κ1) is 13.4. The number of benzene rings is 1. The minimum Gasteiger partial charge on any atom is -0.377 e. The highest BCUT2D eigenvalue weighted by molar-refractivity contribution is 5.60. The van der Waals surface area contributed by atoms with Crippen LogP contribution in [0.5, 0.6) is 0 Å². The van der Waals surface area contributed by atoms with E-state index in [0.717, 1.165) is 22.2 Å². The molecule has 0 saturated carbocycles. The number of alkyl halides is 1. The number of nitrogens with one attached hydrogen (secondary N) is 1. The molecule has 1 aromatic carbocycles. The number of aromatic nitrogens is 1. The molecule has 21 heavy (non-hydrogen) atoms. The molecular formula is C17H16FN3. The second kappa shape index (κ2) is 5.45. The fraction of sp³-hybridized carbons (Fsp3) is 0.235. The number of fused-ring (bicyclic) bond motifs is 1. The van der Waals surface area contributed by atoms with E-state index in [-0.39, 0.29) is 6.54 Å². The number of rotatable bonds is 1. The molecule has 2 aromatic rings.